The van der Waals surface area contributed by atoms with Gasteiger partial charge in [-0.15, -0.1) is 0 Å². The van der Waals surface area contributed by atoms with E-state index in [2.05, 4.69) is 9.97 Å². The maximum Gasteiger partial charge on any atom is 0.419 e. The van der Waals surface area contributed by atoms with Crippen LogP contribution in [0.3, 0.4) is 0 Å². The Morgan fingerprint density at radius 2 is 1.81 bits per heavy atom. The Kier molecular flexibility index (Phi) is 4.02. The number of hydrogen-bond acceptors (Lipinski definition) is 4. The maximum atomic E-state index is 13.0. The third-order valence-corrected chi connectivity index (χ3v) is 2.85. The second-order valence-electron chi connectivity index (χ2n) is 4.73. The zero-order chi connectivity index (χ0) is 15.6. The Morgan fingerprint density at radius 1 is 1.14 bits per heavy atom. The van der Waals surface area contributed by atoms with Crippen LogP contribution in [0.4, 0.5) is 19.0 Å². The lowest BCUT2D eigenvalue weighted by molar-refractivity contribution is -0.138. The first-order valence-corrected chi connectivity index (χ1v) is 6.25. The molecule has 0 saturated heterocycles. The number of halogens is 3. The van der Waals surface area contributed by atoms with Crippen molar-refractivity contribution in [2.24, 2.45) is 0 Å². The number of anilines is 1. The molecule has 1 heterocycles. The molecule has 7 heteroatoms. The van der Waals surface area contributed by atoms with E-state index in [-0.39, 0.29) is 23.4 Å². The molecule has 1 aromatic heterocycles. The van der Waals surface area contributed by atoms with E-state index in [0.717, 1.165) is 12.4 Å². The first kappa shape index (κ1) is 15.1. The fourth-order valence-corrected chi connectivity index (χ4v) is 1.91. The molecule has 0 aliphatic heterocycles. The van der Waals surface area contributed by atoms with Crippen LogP contribution in [0.25, 0.3) is 0 Å². The lowest BCUT2D eigenvalue weighted by atomic mass is 10.1. The van der Waals surface area contributed by atoms with Crippen LogP contribution in [0.2, 0.25) is 0 Å². The third-order valence-electron chi connectivity index (χ3n) is 2.85. The molecule has 0 saturated carbocycles. The van der Waals surface area contributed by atoms with Gasteiger partial charge in [0.05, 0.1) is 11.1 Å². The summed E-state index contributed by atoms with van der Waals surface area (Å²) in [4.78, 5) is 7.74. The van der Waals surface area contributed by atoms with Crippen molar-refractivity contribution in [2.75, 3.05) is 5.73 Å². The highest BCUT2D eigenvalue weighted by Gasteiger charge is 2.34. The number of nitrogens with zero attached hydrogens (tertiary/aromatic N) is 2. The number of nitrogens with two attached hydrogens (primary N) is 1. The van der Waals surface area contributed by atoms with Crippen LogP contribution in [0.15, 0.2) is 30.6 Å². The van der Waals surface area contributed by atoms with Crippen LogP contribution in [0.5, 0.6) is 11.6 Å². The summed E-state index contributed by atoms with van der Waals surface area (Å²) in [6, 6.07) is 4.96. The van der Waals surface area contributed by atoms with Gasteiger partial charge in [0.1, 0.15) is 17.9 Å². The van der Waals surface area contributed by atoms with Crippen molar-refractivity contribution in [3.05, 3.63) is 41.7 Å². The number of alkyl halides is 3. The molecule has 0 bridgehead atoms. The predicted molar refractivity (Wildman–Crippen MR) is 72.1 cm³/mol. The minimum Gasteiger partial charge on any atom is -0.438 e. The van der Waals surface area contributed by atoms with E-state index < -0.39 is 11.7 Å². The molecular weight excluding hydrogens is 283 g/mol. The molecule has 0 aliphatic rings. The number of nitrogen functional groups attached to an aromatic ring is 1. The molecule has 0 spiro atoms. The highest BCUT2D eigenvalue weighted by molar-refractivity contribution is 5.49. The first-order valence-electron chi connectivity index (χ1n) is 6.25. The normalized spacial score (nSPS) is 11.7. The molecule has 0 unspecified atom stereocenters. The second-order valence-corrected chi connectivity index (χ2v) is 4.73. The number of hydrogen-bond donors (Lipinski definition) is 1. The van der Waals surface area contributed by atoms with E-state index in [1.807, 2.05) is 13.8 Å². The summed E-state index contributed by atoms with van der Waals surface area (Å²) in [6.07, 6.45) is -3.35. The standard InChI is InChI=1S/C14H14F3N3O/c1-8(2)11-12(18)19-7-20-13(11)21-10-6-4-3-5-9(10)14(15,16)17/h3-8H,1-2H3,(H2,18,19,20). The van der Waals surface area contributed by atoms with Crippen molar-refractivity contribution in [1.82, 2.24) is 9.97 Å². The molecule has 0 atom stereocenters. The van der Waals surface area contributed by atoms with Gasteiger partial charge >= 0.3 is 6.18 Å². The largest absolute Gasteiger partial charge is 0.438 e. The zero-order valence-electron chi connectivity index (χ0n) is 11.5. The number of aromatic nitrogens is 2. The average Bonchev–Trinajstić information content (AvgIpc) is 2.37. The molecule has 1 aromatic carbocycles. The second kappa shape index (κ2) is 5.59. The van der Waals surface area contributed by atoms with Gasteiger partial charge in [0, 0.05) is 0 Å². The SMILES string of the molecule is CC(C)c1c(N)ncnc1Oc1ccccc1C(F)(F)F. The molecule has 0 fully saturated rings. The minimum atomic E-state index is -4.51. The Morgan fingerprint density at radius 3 is 2.43 bits per heavy atom. The first-order chi connectivity index (χ1) is 9.80. The van der Waals surface area contributed by atoms with Crippen LogP contribution in [0.1, 0.15) is 30.9 Å². The van der Waals surface area contributed by atoms with Gasteiger partial charge in [-0.25, -0.2) is 9.97 Å². The Labute approximate surface area is 119 Å². The Bertz CT molecular complexity index is 642. The molecule has 2 rings (SSSR count). The van der Waals surface area contributed by atoms with E-state index >= 15 is 0 Å². The number of ether oxygens (including phenoxy) is 1. The topological polar surface area (TPSA) is 61.0 Å². The fraction of sp³-hybridized carbons (Fsp3) is 0.286. The van der Waals surface area contributed by atoms with Gasteiger partial charge in [0.25, 0.3) is 0 Å². The molecule has 112 valence electrons. The van der Waals surface area contributed by atoms with Crippen molar-refractivity contribution < 1.29 is 17.9 Å². The summed E-state index contributed by atoms with van der Waals surface area (Å²) in [5.74, 6) is -0.169. The minimum absolute atomic E-state index is 0.0363. The molecule has 2 N–H and O–H groups in total. The number of rotatable bonds is 3. The summed E-state index contributed by atoms with van der Waals surface area (Å²) < 4.78 is 44.2. The van der Waals surface area contributed by atoms with Crippen molar-refractivity contribution in [2.45, 2.75) is 25.9 Å². The van der Waals surface area contributed by atoms with E-state index in [0.29, 0.717) is 5.56 Å². The molecule has 0 radical (unpaired) electrons. The van der Waals surface area contributed by atoms with Crippen molar-refractivity contribution in [1.29, 1.82) is 0 Å². The molecule has 4 nitrogen and oxygen atoms in total. The fourth-order valence-electron chi connectivity index (χ4n) is 1.91. The molecule has 2 aromatic rings. The lowest BCUT2D eigenvalue weighted by Gasteiger charge is -2.16. The maximum absolute atomic E-state index is 13.0. The van der Waals surface area contributed by atoms with E-state index in [4.69, 9.17) is 10.5 Å². The third kappa shape index (κ3) is 3.24. The smallest absolute Gasteiger partial charge is 0.419 e. The highest BCUT2D eigenvalue weighted by atomic mass is 19.4. The average molecular weight is 297 g/mol. The van der Waals surface area contributed by atoms with E-state index in [9.17, 15) is 13.2 Å². The summed E-state index contributed by atoms with van der Waals surface area (Å²) in [5.41, 5.74) is 5.36. The van der Waals surface area contributed by atoms with E-state index in [1.165, 1.54) is 18.2 Å². The molecule has 0 amide bonds. The number of para-hydroxylation sites is 1. The summed E-state index contributed by atoms with van der Waals surface area (Å²) in [7, 11) is 0. The van der Waals surface area contributed by atoms with Crippen molar-refractivity contribution in [3.8, 4) is 11.6 Å². The van der Waals surface area contributed by atoms with Gasteiger partial charge in [-0.2, -0.15) is 13.2 Å². The van der Waals surface area contributed by atoms with E-state index in [1.54, 1.807) is 0 Å². The van der Waals surface area contributed by atoms with Crippen molar-refractivity contribution >= 4 is 5.82 Å². The lowest BCUT2D eigenvalue weighted by Crippen LogP contribution is -2.09. The monoisotopic (exact) mass is 297 g/mol. The van der Waals surface area contributed by atoms with Crippen LogP contribution in [-0.2, 0) is 6.18 Å². The summed E-state index contributed by atoms with van der Waals surface area (Å²) >= 11 is 0. The van der Waals surface area contributed by atoms with Crippen LogP contribution >= 0.6 is 0 Å². The Hall–Kier alpha value is -2.31. The highest BCUT2D eigenvalue weighted by Crippen LogP contribution is 2.39. The Balaban J connectivity index is 2.47. The van der Waals surface area contributed by atoms with Crippen LogP contribution in [0, 0.1) is 0 Å². The van der Waals surface area contributed by atoms with Crippen LogP contribution in [-0.4, -0.2) is 9.97 Å². The van der Waals surface area contributed by atoms with Crippen LogP contribution < -0.4 is 10.5 Å². The van der Waals surface area contributed by atoms with Gasteiger partial charge in [0.15, 0.2) is 0 Å². The summed E-state index contributed by atoms with van der Waals surface area (Å²) in [6.45, 7) is 3.66. The van der Waals surface area contributed by atoms with Gasteiger partial charge in [-0.1, -0.05) is 26.0 Å². The summed E-state index contributed by atoms with van der Waals surface area (Å²) in [5, 5.41) is 0. The zero-order valence-corrected chi connectivity index (χ0v) is 11.5. The molecule has 0 aliphatic carbocycles. The number of benzene rings is 1. The quantitative estimate of drug-likeness (QED) is 0.930. The molecular formula is C14H14F3N3O. The van der Waals surface area contributed by atoms with Crippen molar-refractivity contribution in [3.63, 3.8) is 0 Å². The van der Waals surface area contributed by atoms with Gasteiger partial charge in [-0.05, 0) is 18.1 Å². The van der Waals surface area contributed by atoms with Gasteiger partial charge in [0.2, 0.25) is 5.88 Å². The van der Waals surface area contributed by atoms with Gasteiger partial charge in [-0.3, -0.25) is 0 Å². The van der Waals surface area contributed by atoms with Gasteiger partial charge < -0.3 is 10.5 Å². The molecule has 21 heavy (non-hydrogen) atoms. The predicted octanol–water partition coefficient (Wildman–Crippen LogP) is 3.99.